The van der Waals surface area contributed by atoms with E-state index in [1.165, 1.54) is 0 Å². The third kappa shape index (κ3) is 1.30. The van der Waals surface area contributed by atoms with Crippen molar-refractivity contribution in [3.05, 3.63) is 42.7 Å². The zero-order valence-corrected chi connectivity index (χ0v) is 8.41. The summed E-state index contributed by atoms with van der Waals surface area (Å²) in [4.78, 5) is 4.26. The Hall–Kier alpha value is -2.43. The number of fused-ring (bicyclic) bond motifs is 1. The Morgan fingerprint density at radius 1 is 1.19 bits per heavy atom. The molecule has 2 aromatic heterocycles. The molecule has 16 heavy (non-hydrogen) atoms. The highest BCUT2D eigenvalue weighted by molar-refractivity contribution is 5.88. The molecule has 0 amide bonds. The first-order valence-electron chi connectivity index (χ1n) is 4.86. The third-order valence-electron chi connectivity index (χ3n) is 2.38. The average molecular weight is 211 g/mol. The maximum absolute atomic E-state index is 5.76. The van der Waals surface area contributed by atoms with Crippen LogP contribution in [0.5, 0.6) is 0 Å². The molecule has 1 aromatic carbocycles. The lowest BCUT2D eigenvalue weighted by atomic mass is 10.2. The van der Waals surface area contributed by atoms with Gasteiger partial charge in [-0.25, -0.2) is 9.67 Å². The van der Waals surface area contributed by atoms with Crippen LogP contribution in [0.15, 0.2) is 42.7 Å². The summed E-state index contributed by atoms with van der Waals surface area (Å²) >= 11 is 0. The Labute approximate surface area is 91.5 Å². The highest BCUT2D eigenvalue weighted by atomic mass is 15.4. The van der Waals surface area contributed by atoms with Crippen LogP contribution in [0.1, 0.15) is 0 Å². The molecular formula is C11H9N5. The molecular weight excluding hydrogens is 202 g/mol. The Bertz CT molecular complexity index is 630. The Kier molecular flexibility index (Phi) is 1.83. The third-order valence-corrected chi connectivity index (χ3v) is 2.38. The van der Waals surface area contributed by atoms with E-state index in [9.17, 15) is 0 Å². The van der Waals surface area contributed by atoms with E-state index < -0.39 is 0 Å². The van der Waals surface area contributed by atoms with Crippen molar-refractivity contribution in [3.8, 4) is 5.69 Å². The summed E-state index contributed by atoms with van der Waals surface area (Å²) in [5, 5.41) is 8.75. The number of rotatable bonds is 1. The van der Waals surface area contributed by atoms with Crippen LogP contribution in [0.25, 0.3) is 16.6 Å². The number of pyridine rings is 1. The van der Waals surface area contributed by atoms with Gasteiger partial charge in [-0.15, -0.1) is 5.10 Å². The molecule has 5 nitrogen and oxygen atoms in total. The molecule has 0 saturated carbocycles. The molecule has 0 spiro atoms. The standard InChI is InChI=1S/C11H9N5/c12-11-7-10(16-6-5-13-15-16)8-3-1-2-4-9(8)14-11/h1-7H,(H2,12,14). The molecule has 3 rings (SSSR count). The largest absolute Gasteiger partial charge is 0.384 e. The molecule has 3 aromatic rings. The Balaban J connectivity index is 2.39. The minimum Gasteiger partial charge on any atom is -0.384 e. The van der Waals surface area contributed by atoms with E-state index >= 15 is 0 Å². The molecule has 5 heteroatoms. The van der Waals surface area contributed by atoms with E-state index in [0.29, 0.717) is 5.82 Å². The van der Waals surface area contributed by atoms with Crippen LogP contribution in [0.4, 0.5) is 5.82 Å². The number of nitrogen functional groups attached to an aromatic ring is 1. The van der Waals surface area contributed by atoms with Gasteiger partial charge in [-0.3, -0.25) is 0 Å². The first-order valence-corrected chi connectivity index (χ1v) is 4.86. The molecule has 0 aliphatic rings. The lowest BCUT2D eigenvalue weighted by Gasteiger charge is -2.06. The second-order valence-corrected chi connectivity index (χ2v) is 3.43. The fourth-order valence-corrected chi connectivity index (χ4v) is 1.70. The second-order valence-electron chi connectivity index (χ2n) is 3.43. The Morgan fingerprint density at radius 2 is 2.06 bits per heavy atom. The van der Waals surface area contributed by atoms with Gasteiger partial charge in [-0.2, -0.15) is 0 Å². The lowest BCUT2D eigenvalue weighted by molar-refractivity contribution is 0.807. The van der Waals surface area contributed by atoms with E-state index in [-0.39, 0.29) is 0 Å². The SMILES string of the molecule is Nc1cc(-n2ccnn2)c2ccccc2n1. The molecule has 0 unspecified atom stereocenters. The number of hydrogen-bond acceptors (Lipinski definition) is 4. The van der Waals surface area contributed by atoms with Crippen LogP contribution in [0.3, 0.4) is 0 Å². The highest BCUT2D eigenvalue weighted by Crippen LogP contribution is 2.21. The molecule has 0 atom stereocenters. The zero-order valence-electron chi connectivity index (χ0n) is 8.41. The van der Waals surface area contributed by atoms with Crippen LogP contribution < -0.4 is 5.73 Å². The molecule has 2 N–H and O–H groups in total. The predicted octanol–water partition coefficient (Wildman–Crippen LogP) is 1.40. The second kappa shape index (κ2) is 3.30. The zero-order chi connectivity index (χ0) is 11.0. The van der Waals surface area contributed by atoms with Gasteiger partial charge in [0, 0.05) is 11.5 Å². The fraction of sp³-hybridized carbons (Fsp3) is 0. The van der Waals surface area contributed by atoms with E-state index in [1.807, 2.05) is 24.3 Å². The van der Waals surface area contributed by atoms with Crippen molar-refractivity contribution in [1.82, 2.24) is 20.0 Å². The maximum Gasteiger partial charge on any atom is 0.126 e. The molecule has 0 aliphatic carbocycles. The van der Waals surface area contributed by atoms with Gasteiger partial charge >= 0.3 is 0 Å². The normalized spacial score (nSPS) is 10.8. The summed E-state index contributed by atoms with van der Waals surface area (Å²) in [5.41, 5.74) is 7.50. The molecule has 0 radical (unpaired) electrons. The number of hydrogen-bond donors (Lipinski definition) is 1. The fourth-order valence-electron chi connectivity index (χ4n) is 1.70. The number of anilines is 1. The summed E-state index contributed by atoms with van der Waals surface area (Å²) in [6.07, 6.45) is 3.41. The number of para-hydroxylation sites is 1. The van der Waals surface area contributed by atoms with E-state index in [2.05, 4.69) is 15.3 Å². The van der Waals surface area contributed by atoms with Gasteiger partial charge in [-0.05, 0) is 6.07 Å². The van der Waals surface area contributed by atoms with Crippen LogP contribution in [-0.2, 0) is 0 Å². The predicted molar refractivity (Wildman–Crippen MR) is 61.1 cm³/mol. The first-order chi connectivity index (χ1) is 7.84. The van der Waals surface area contributed by atoms with E-state index in [4.69, 9.17) is 5.73 Å². The molecule has 0 aliphatic heterocycles. The van der Waals surface area contributed by atoms with Gasteiger partial charge in [-0.1, -0.05) is 23.4 Å². The van der Waals surface area contributed by atoms with Crippen molar-refractivity contribution in [1.29, 1.82) is 0 Å². The molecule has 2 heterocycles. The van der Waals surface area contributed by atoms with E-state index in [0.717, 1.165) is 16.6 Å². The van der Waals surface area contributed by atoms with Crippen molar-refractivity contribution >= 4 is 16.7 Å². The van der Waals surface area contributed by atoms with Gasteiger partial charge in [0.2, 0.25) is 0 Å². The number of benzene rings is 1. The molecule has 0 bridgehead atoms. The van der Waals surface area contributed by atoms with Crippen LogP contribution in [0, 0.1) is 0 Å². The first kappa shape index (κ1) is 8.84. The van der Waals surface area contributed by atoms with Crippen molar-refractivity contribution in [2.24, 2.45) is 0 Å². The summed E-state index contributed by atoms with van der Waals surface area (Å²) in [7, 11) is 0. The van der Waals surface area contributed by atoms with Crippen molar-refractivity contribution in [2.75, 3.05) is 5.73 Å². The van der Waals surface area contributed by atoms with Crippen molar-refractivity contribution < 1.29 is 0 Å². The topological polar surface area (TPSA) is 69.6 Å². The maximum atomic E-state index is 5.76. The number of nitrogens with zero attached hydrogens (tertiary/aromatic N) is 4. The minimum absolute atomic E-state index is 0.476. The number of aromatic nitrogens is 4. The smallest absolute Gasteiger partial charge is 0.126 e. The minimum atomic E-state index is 0.476. The summed E-state index contributed by atoms with van der Waals surface area (Å²) in [5.74, 6) is 0.476. The molecule has 0 fully saturated rings. The number of nitrogens with two attached hydrogens (primary N) is 1. The van der Waals surface area contributed by atoms with E-state index in [1.54, 1.807) is 23.1 Å². The van der Waals surface area contributed by atoms with Gasteiger partial charge in [0.25, 0.3) is 0 Å². The summed E-state index contributed by atoms with van der Waals surface area (Å²) in [6.45, 7) is 0. The molecule has 0 saturated heterocycles. The lowest BCUT2D eigenvalue weighted by Crippen LogP contribution is -2.00. The monoisotopic (exact) mass is 211 g/mol. The summed E-state index contributed by atoms with van der Waals surface area (Å²) < 4.78 is 1.68. The van der Waals surface area contributed by atoms with Crippen LogP contribution in [-0.4, -0.2) is 20.0 Å². The van der Waals surface area contributed by atoms with Gasteiger partial charge in [0.1, 0.15) is 5.82 Å². The Morgan fingerprint density at radius 3 is 2.88 bits per heavy atom. The van der Waals surface area contributed by atoms with Gasteiger partial charge in [0.05, 0.1) is 23.6 Å². The van der Waals surface area contributed by atoms with Crippen molar-refractivity contribution in [2.45, 2.75) is 0 Å². The van der Waals surface area contributed by atoms with Crippen molar-refractivity contribution in [3.63, 3.8) is 0 Å². The van der Waals surface area contributed by atoms with Gasteiger partial charge in [0.15, 0.2) is 0 Å². The van der Waals surface area contributed by atoms with Crippen LogP contribution in [0.2, 0.25) is 0 Å². The molecule has 78 valence electrons. The highest BCUT2D eigenvalue weighted by Gasteiger charge is 2.05. The quantitative estimate of drug-likeness (QED) is 0.660. The van der Waals surface area contributed by atoms with Crippen LogP contribution >= 0.6 is 0 Å². The van der Waals surface area contributed by atoms with Gasteiger partial charge < -0.3 is 5.73 Å². The summed E-state index contributed by atoms with van der Waals surface area (Å²) in [6, 6.07) is 9.59. The average Bonchev–Trinajstić information content (AvgIpc) is 2.81.